The van der Waals surface area contributed by atoms with Crippen molar-refractivity contribution in [1.29, 1.82) is 0 Å². The second kappa shape index (κ2) is 9.22. The van der Waals surface area contributed by atoms with E-state index < -0.39 is 25.2 Å². The van der Waals surface area contributed by atoms with Gasteiger partial charge in [-0.3, -0.25) is 9.53 Å². The van der Waals surface area contributed by atoms with E-state index in [9.17, 15) is 18.0 Å². The first-order chi connectivity index (χ1) is 15.3. The van der Waals surface area contributed by atoms with Crippen molar-refractivity contribution in [3.63, 3.8) is 0 Å². The average Bonchev–Trinajstić information content (AvgIpc) is 3.21. The molecular formula is C21H20ClF3N2O5. The number of rotatable bonds is 6. The zero-order chi connectivity index (χ0) is 22.8. The maximum Gasteiger partial charge on any atom is 0.522 e. The Kier molecular flexibility index (Phi) is 6.57. The van der Waals surface area contributed by atoms with Crippen LogP contribution in [0.2, 0.25) is 5.02 Å². The Morgan fingerprint density at radius 3 is 2.78 bits per heavy atom. The Bertz CT molecular complexity index is 962. The van der Waals surface area contributed by atoms with E-state index in [1.165, 1.54) is 12.3 Å². The fourth-order valence-electron chi connectivity index (χ4n) is 3.92. The Labute approximate surface area is 187 Å². The van der Waals surface area contributed by atoms with Gasteiger partial charge in [-0.25, -0.2) is 4.98 Å². The van der Waals surface area contributed by atoms with Crippen molar-refractivity contribution in [3.05, 3.63) is 58.7 Å². The van der Waals surface area contributed by atoms with Crippen LogP contribution in [0.1, 0.15) is 22.3 Å². The van der Waals surface area contributed by atoms with Gasteiger partial charge in [0.15, 0.2) is 0 Å². The van der Waals surface area contributed by atoms with Crippen LogP contribution in [0.3, 0.4) is 0 Å². The summed E-state index contributed by atoms with van der Waals surface area (Å²) in [4.78, 5) is 18.6. The van der Waals surface area contributed by atoms with Gasteiger partial charge < -0.3 is 19.1 Å². The number of carbonyl (C=O) groups is 1. The third-order valence-electron chi connectivity index (χ3n) is 5.44. The van der Waals surface area contributed by atoms with E-state index >= 15 is 0 Å². The van der Waals surface area contributed by atoms with Gasteiger partial charge in [-0.2, -0.15) is 0 Å². The molecule has 0 saturated carbocycles. The normalized spacial score (nSPS) is 23.1. The van der Waals surface area contributed by atoms with Crippen molar-refractivity contribution >= 4 is 17.5 Å². The highest BCUT2D eigenvalue weighted by Gasteiger charge is 2.51. The molecule has 32 heavy (non-hydrogen) atoms. The van der Waals surface area contributed by atoms with E-state index in [0.717, 1.165) is 5.56 Å². The van der Waals surface area contributed by atoms with Crippen molar-refractivity contribution in [3.8, 4) is 5.88 Å². The molecule has 1 amide bonds. The monoisotopic (exact) mass is 472 g/mol. The van der Waals surface area contributed by atoms with E-state index in [2.05, 4.69) is 9.72 Å². The summed E-state index contributed by atoms with van der Waals surface area (Å²) in [5.74, 6) is -0.369. The van der Waals surface area contributed by atoms with Crippen LogP contribution in [0, 0.1) is 0 Å². The zero-order valence-corrected chi connectivity index (χ0v) is 17.6. The maximum absolute atomic E-state index is 13.0. The number of likely N-dealkylation sites (tertiary alicyclic amines) is 1. The second-order valence-electron chi connectivity index (χ2n) is 7.33. The maximum atomic E-state index is 13.0. The molecule has 0 spiro atoms. The third-order valence-corrected chi connectivity index (χ3v) is 5.71. The summed E-state index contributed by atoms with van der Waals surface area (Å²) in [6.45, 7) is -0.176. The van der Waals surface area contributed by atoms with Crippen LogP contribution in [0.4, 0.5) is 13.2 Å². The predicted molar refractivity (Wildman–Crippen MR) is 106 cm³/mol. The molecule has 2 aliphatic heterocycles. The van der Waals surface area contributed by atoms with Gasteiger partial charge in [0.05, 0.1) is 18.7 Å². The lowest BCUT2D eigenvalue weighted by atomic mass is 9.82. The van der Waals surface area contributed by atoms with Crippen LogP contribution >= 0.6 is 11.6 Å². The minimum absolute atomic E-state index is 0.0129. The molecule has 172 valence electrons. The number of pyridine rings is 1. The molecule has 7 nitrogen and oxygen atoms in total. The standard InChI is InChI=1S/C21H20ClF3N2O5/c22-16-10-14(11-26-18(16)29-8-9-31-21(23,24)25)19(28)27-7-6-20(15-4-2-1-3-5-15)17(12-27)30-13-32-20/h1-5,10-11,17H,6-9,12-13H2. The number of hydrogen-bond acceptors (Lipinski definition) is 6. The van der Waals surface area contributed by atoms with Crippen LogP contribution in [0.15, 0.2) is 42.6 Å². The molecule has 0 bridgehead atoms. The van der Waals surface area contributed by atoms with E-state index in [1.54, 1.807) is 4.90 Å². The molecule has 2 fully saturated rings. The lowest BCUT2D eigenvalue weighted by molar-refractivity contribution is -0.325. The van der Waals surface area contributed by atoms with Crippen LogP contribution in [-0.4, -0.2) is 61.4 Å². The summed E-state index contributed by atoms with van der Waals surface area (Å²) in [5.41, 5.74) is 0.653. The Hall–Kier alpha value is -2.40. The van der Waals surface area contributed by atoms with E-state index in [-0.39, 0.29) is 35.3 Å². The molecule has 2 atom stereocenters. The van der Waals surface area contributed by atoms with Gasteiger partial charge in [0.1, 0.15) is 30.1 Å². The number of hydrogen-bond donors (Lipinski definition) is 0. The van der Waals surface area contributed by atoms with Crippen LogP contribution in [0.25, 0.3) is 0 Å². The third kappa shape index (κ3) is 4.83. The lowest BCUT2D eigenvalue weighted by Crippen LogP contribution is -2.53. The number of benzene rings is 1. The van der Waals surface area contributed by atoms with Gasteiger partial charge in [0.2, 0.25) is 5.88 Å². The summed E-state index contributed by atoms with van der Waals surface area (Å²) >= 11 is 6.11. The number of piperidine rings is 1. The van der Waals surface area contributed by atoms with Gasteiger partial charge in [-0.15, -0.1) is 13.2 Å². The molecule has 2 aromatic rings. The summed E-state index contributed by atoms with van der Waals surface area (Å²) in [7, 11) is 0. The number of ether oxygens (including phenoxy) is 4. The first kappa shape index (κ1) is 22.8. The molecule has 1 aromatic carbocycles. The van der Waals surface area contributed by atoms with Gasteiger partial charge >= 0.3 is 6.36 Å². The highest BCUT2D eigenvalue weighted by atomic mass is 35.5. The molecule has 1 aromatic heterocycles. The van der Waals surface area contributed by atoms with Gasteiger partial charge in [-0.1, -0.05) is 41.9 Å². The Morgan fingerprint density at radius 2 is 2.06 bits per heavy atom. The Balaban J connectivity index is 1.39. The van der Waals surface area contributed by atoms with Crippen molar-refractivity contribution < 1.29 is 36.9 Å². The van der Waals surface area contributed by atoms with Crippen LogP contribution in [-0.2, 0) is 19.8 Å². The Morgan fingerprint density at radius 1 is 1.28 bits per heavy atom. The molecule has 0 aliphatic carbocycles. The number of amides is 1. The first-order valence-electron chi connectivity index (χ1n) is 9.88. The summed E-state index contributed by atoms with van der Waals surface area (Å²) in [6, 6.07) is 11.2. The quantitative estimate of drug-likeness (QED) is 0.596. The predicted octanol–water partition coefficient (Wildman–Crippen LogP) is 3.76. The molecule has 11 heteroatoms. The van der Waals surface area contributed by atoms with E-state index in [4.69, 9.17) is 25.8 Å². The molecule has 2 unspecified atom stereocenters. The summed E-state index contributed by atoms with van der Waals surface area (Å²) in [5, 5.41) is 0.0129. The number of nitrogens with zero attached hydrogens (tertiary/aromatic N) is 2. The molecule has 0 radical (unpaired) electrons. The van der Waals surface area contributed by atoms with Crippen LogP contribution < -0.4 is 4.74 Å². The molecule has 0 N–H and O–H groups in total. The van der Waals surface area contributed by atoms with Crippen molar-refractivity contribution in [2.75, 3.05) is 33.1 Å². The van der Waals surface area contributed by atoms with Crippen molar-refractivity contribution in [1.82, 2.24) is 9.88 Å². The number of halogens is 4. The molecular weight excluding hydrogens is 453 g/mol. The minimum Gasteiger partial charge on any atom is -0.474 e. The van der Waals surface area contributed by atoms with Gasteiger partial charge in [-0.05, 0) is 11.6 Å². The second-order valence-corrected chi connectivity index (χ2v) is 7.74. The lowest BCUT2D eigenvalue weighted by Gasteiger charge is -2.42. The highest BCUT2D eigenvalue weighted by Crippen LogP contribution is 2.42. The smallest absolute Gasteiger partial charge is 0.474 e. The molecule has 2 aliphatic rings. The number of aromatic nitrogens is 1. The fraction of sp³-hybridized carbons (Fsp3) is 0.429. The van der Waals surface area contributed by atoms with E-state index in [1.807, 2.05) is 30.3 Å². The van der Waals surface area contributed by atoms with Gasteiger partial charge in [0.25, 0.3) is 5.91 Å². The number of fused-ring (bicyclic) bond motifs is 1. The molecule has 2 saturated heterocycles. The van der Waals surface area contributed by atoms with E-state index in [0.29, 0.717) is 19.5 Å². The summed E-state index contributed by atoms with van der Waals surface area (Å²) < 4.78 is 56.5. The first-order valence-corrected chi connectivity index (χ1v) is 10.3. The zero-order valence-electron chi connectivity index (χ0n) is 16.8. The summed E-state index contributed by atoms with van der Waals surface area (Å²) in [6.07, 6.45) is -3.21. The molecule has 4 rings (SSSR count). The fourth-order valence-corrected chi connectivity index (χ4v) is 4.14. The average molecular weight is 473 g/mol. The molecule has 3 heterocycles. The largest absolute Gasteiger partial charge is 0.522 e. The van der Waals surface area contributed by atoms with Gasteiger partial charge in [0, 0.05) is 19.2 Å². The SMILES string of the molecule is O=C(c1cnc(OCCOC(F)(F)F)c(Cl)c1)N1CCC2(c3ccccc3)OCOC2C1. The minimum atomic E-state index is -4.74. The van der Waals surface area contributed by atoms with Crippen molar-refractivity contribution in [2.24, 2.45) is 0 Å². The van der Waals surface area contributed by atoms with Crippen molar-refractivity contribution in [2.45, 2.75) is 24.5 Å². The topological polar surface area (TPSA) is 70.1 Å². The van der Waals surface area contributed by atoms with Crippen LogP contribution in [0.5, 0.6) is 5.88 Å². The highest BCUT2D eigenvalue weighted by molar-refractivity contribution is 6.32. The number of alkyl halides is 3. The number of carbonyl (C=O) groups excluding carboxylic acids is 1.